The van der Waals surface area contributed by atoms with E-state index in [1.54, 1.807) is 29.2 Å². The maximum atomic E-state index is 14.0. The molecule has 0 saturated heterocycles. The molecule has 2 aromatic carbocycles. The highest BCUT2D eigenvalue weighted by Gasteiger charge is 2.33. The number of halogens is 1. The van der Waals surface area contributed by atoms with Crippen LogP contribution in [0.1, 0.15) is 24.0 Å². The predicted molar refractivity (Wildman–Crippen MR) is 101 cm³/mol. The van der Waals surface area contributed by atoms with Crippen LogP contribution in [-0.2, 0) is 17.9 Å². The number of para-hydroxylation sites is 1. The zero-order valence-electron chi connectivity index (χ0n) is 15.1. The van der Waals surface area contributed by atoms with Gasteiger partial charge < -0.3 is 4.90 Å². The highest BCUT2D eigenvalue weighted by atomic mass is 19.1. The molecular weight excluding hydrogens is 345 g/mol. The highest BCUT2D eigenvalue weighted by molar-refractivity contribution is 5.81. The molecule has 3 aromatic rings. The largest absolute Gasteiger partial charge is 0.334 e. The predicted octanol–water partition coefficient (Wildman–Crippen LogP) is 3.04. The van der Waals surface area contributed by atoms with Gasteiger partial charge in [0.25, 0.3) is 5.56 Å². The fraction of sp³-hybridized carbons (Fsp3) is 0.286. The molecule has 1 fully saturated rings. The van der Waals surface area contributed by atoms with Gasteiger partial charge in [-0.3, -0.25) is 14.2 Å². The van der Waals surface area contributed by atoms with E-state index in [-0.39, 0.29) is 36.4 Å². The summed E-state index contributed by atoms with van der Waals surface area (Å²) in [5.41, 5.74) is 1.81. The van der Waals surface area contributed by atoms with Gasteiger partial charge >= 0.3 is 0 Å². The third-order valence-electron chi connectivity index (χ3n) is 4.97. The second kappa shape index (κ2) is 6.95. The lowest BCUT2D eigenvalue weighted by Gasteiger charge is -2.23. The fourth-order valence-electron chi connectivity index (χ4n) is 3.30. The number of aryl methyl sites for hydroxylation is 1. The lowest BCUT2D eigenvalue weighted by Crippen LogP contribution is -2.37. The van der Waals surface area contributed by atoms with Gasteiger partial charge in [-0.2, -0.15) is 0 Å². The molecule has 0 aliphatic heterocycles. The number of nitrogens with zero attached hydrogens (tertiary/aromatic N) is 3. The Morgan fingerprint density at radius 2 is 2.00 bits per heavy atom. The average molecular weight is 365 g/mol. The molecular formula is C21H20FN3O2. The molecule has 1 amide bonds. The molecule has 0 atom stereocenters. The van der Waals surface area contributed by atoms with Crippen LogP contribution in [0, 0.1) is 12.7 Å². The highest BCUT2D eigenvalue weighted by Crippen LogP contribution is 2.29. The summed E-state index contributed by atoms with van der Waals surface area (Å²) < 4.78 is 15.3. The summed E-state index contributed by atoms with van der Waals surface area (Å²) in [6, 6.07) is 12.0. The van der Waals surface area contributed by atoms with E-state index in [2.05, 4.69) is 4.98 Å². The van der Waals surface area contributed by atoms with Gasteiger partial charge in [0.1, 0.15) is 12.4 Å². The van der Waals surface area contributed by atoms with Gasteiger partial charge in [-0.15, -0.1) is 0 Å². The second-order valence-corrected chi connectivity index (χ2v) is 6.99. The van der Waals surface area contributed by atoms with Crippen LogP contribution in [0.2, 0.25) is 0 Å². The average Bonchev–Trinajstić information content (AvgIpc) is 3.49. The monoisotopic (exact) mass is 365 g/mol. The first kappa shape index (κ1) is 17.4. The van der Waals surface area contributed by atoms with E-state index < -0.39 is 0 Å². The molecule has 6 heteroatoms. The smallest absolute Gasteiger partial charge is 0.261 e. The van der Waals surface area contributed by atoms with Gasteiger partial charge in [0.15, 0.2) is 0 Å². The van der Waals surface area contributed by atoms with Crippen molar-refractivity contribution in [2.24, 2.45) is 0 Å². The Hall–Kier alpha value is -3.02. The number of hydrogen-bond donors (Lipinski definition) is 0. The van der Waals surface area contributed by atoms with E-state index in [0.29, 0.717) is 16.5 Å². The number of carbonyl (C=O) groups is 1. The quantitative estimate of drug-likeness (QED) is 0.698. The first-order valence-electron chi connectivity index (χ1n) is 9.02. The maximum absolute atomic E-state index is 14.0. The molecule has 5 nitrogen and oxygen atoms in total. The molecule has 138 valence electrons. The Kier molecular flexibility index (Phi) is 4.48. The lowest BCUT2D eigenvalue weighted by molar-refractivity contribution is -0.133. The number of aromatic nitrogens is 2. The molecule has 0 spiro atoms. The Morgan fingerprint density at radius 1 is 1.22 bits per heavy atom. The van der Waals surface area contributed by atoms with E-state index in [4.69, 9.17) is 0 Å². The summed E-state index contributed by atoms with van der Waals surface area (Å²) in [5, 5.41) is 0.498. The summed E-state index contributed by atoms with van der Waals surface area (Å²) in [6.07, 6.45) is 3.23. The van der Waals surface area contributed by atoms with Crippen LogP contribution < -0.4 is 5.56 Å². The van der Waals surface area contributed by atoms with Crippen molar-refractivity contribution in [2.75, 3.05) is 0 Å². The molecule has 1 heterocycles. The Morgan fingerprint density at radius 3 is 2.74 bits per heavy atom. The summed E-state index contributed by atoms with van der Waals surface area (Å²) >= 11 is 0. The standard InChI is InChI=1S/C21H20FN3O2/c1-14-5-4-7-17-20(14)23-13-24(21(17)27)12-19(26)25(16-9-10-16)11-15-6-2-3-8-18(15)22/h2-8,13,16H,9-12H2,1H3. The van der Waals surface area contributed by atoms with E-state index in [9.17, 15) is 14.0 Å². The first-order valence-corrected chi connectivity index (χ1v) is 9.02. The van der Waals surface area contributed by atoms with E-state index in [1.807, 2.05) is 19.1 Å². The minimum atomic E-state index is -0.323. The van der Waals surface area contributed by atoms with Crippen molar-refractivity contribution in [3.05, 3.63) is 76.1 Å². The zero-order chi connectivity index (χ0) is 19.0. The third kappa shape index (κ3) is 3.47. The van der Waals surface area contributed by atoms with Crippen LogP contribution in [-0.4, -0.2) is 26.4 Å². The fourth-order valence-corrected chi connectivity index (χ4v) is 3.30. The minimum Gasteiger partial charge on any atom is -0.334 e. The molecule has 0 N–H and O–H groups in total. The van der Waals surface area contributed by atoms with Crippen molar-refractivity contribution in [2.45, 2.75) is 38.9 Å². The summed E-state index contributed by atoms with van der Waals surface area (Å²) in [7, 11) is 0. The van der Waals surface area contributed by atoms with Gasteiger partial charge in [0, 0.05) is 18.2 Å². The van der Waals surface area contributed by atoms with Crippen LogP contribution >= 0.6 is 0 Å². The first-order chi connectivity index (χ1) is 13.0. The van der Waals surface area contributed by atoms with Gasteiger partial charge in [-0.25, -0.2) is 9.37 Å². The summed E-state index contributed by atoms with van der Waals surface area (Å²) in [4.78, 5) is 31.6. The molecule has 4 rings (SSSR count). The maximum Gasteiger partial charge on any atom is 0.261 e. The SMILES string of the molecule is Cc1cccc2c(=O)n(CC(=O)N(Cc3ccccc3F)C3CC3)cnc12. The Balaban J connectivity index is 1.60. The molecule has 27 heavy (non-hydrogen) atoms. The van der Waals surface area contributed by atoms with Crippen molar-refractivity contribution >= 4 is 16.8 Å². The number of carbonyl (C=O) groups excluding carboxylic acids is 1. The van der Waals surface area contributed by atoms with Crippen LogP contribution in [0.25, 0.3) is 10.9 Å². The number of rotatable bonds is 5. The van der Waals surface area contributed by atoms with Crippen LogP contribution in [0.4, 0.5) is 4.39 Å². The molecule has 0 radical (unpaired) electrons. The summed E-state index contributed by atoms with van der Waals surface area (Å²) in [5.74, 6) is -0.521. The van der Waals surface area contributed by atoms with Crippen LogP contribution in [0.3, 0.4) is 0 Å². The van der Waals surface area contributed by atoms with Gasteiger partial charge in [0.05, 0.1) is 17.2 Å². The van der Waals surface area contributed by atoms with Crippen molar-refractivity contribution in [1.82, 2.24) is 14.5 Å². The van der Waals surface area contributed by atoms with E-state index >= 15 is 0 Å². The topological polar surface area (TPSA) is 55.2 Å². The van der Waals surface area contributed by atoms with Crippen LogP contribution in [0.15, 0.2) is 53.6 Å². The number of benzene rings is 2. The van der Waals surface area contributed by atoms with Crippen molar-refractivity contribution in [3.8, 4) is 0 Å². The minimum absolute atomic E-state index is 0.0966. The van der Waals surface area contributed by atoms with Crippen molar-refractivity contribution in [3.63, 3.8) is 0 Å². The molecule has 0 unspecified atom stereocenters. The van der Waals surface area contributed by atoms with Crippen LogP contribution in [0.5, 0.6) is 0 Å². The number of amides is 1. The molecule has 0 bridgehead atoms. The van der Waals surface area contributed by atoms with E-state index in [0.717, 1.165) is 18.4 Å². The van der Waals surface area contributed by atoms with Gasteiger partial charge in [0.2, 0.25) is 5.91 Å². The Labute approximate surface area is 156 Å². The lowest BCUT2D eigenvalue weighted by atomic mass is 10.1. The number of fused-ring (bicyclic) bond motifs is 1. The Bertz CT molecular complexity index is 1070. The third-order valence-corrected chi connectivity index (χ3v) is 4.97. The van der Waals surface area contributed by atoms with E-state index in [1.165, 1.54) is 17.0 Å². The van der Waals surface area contributed by atoms with Crippen molar-refractivity contribution < 1.29 is 9.18 Å². The van der Waals surface area contributed by atoms with Crippen molar-refractivity contribution in [1.29, 1.82) is 0 Å². The normalized spacial score (nSPS) is 13.7. The second-order valence-electron chi connectivity index (χ2n) is 6.99. The van der Waals surface area contributed by atoms with Gasteiger partial charge in [-0.1, -0.05) is 30.3 Å². The zero-order valence-corrected chi connectivity index (χ0v) is 15.1. The number of hydrogen-bond acceptors (Lipinski definition) is 3. The molecule has 1 aliphatic carbocycles. The van der Waals surface area contributed by atoms with Gasteiger partial charge in [-0.05, 0) is 37.5 Å². The molecule has 1 aliphatic rings. The molecule has 1 saturated carbocycles. The molecule has 1 aromatic heterocycles. The summed E-state index contributed by atoms with van der Waals surface area (Å²) in [6.45, 7) is 2.01.